The lowest BCUT2D eigenvalue weighted by Crippen LogP contribution is -2.45. The van der Waals surface area contributed by atoms with Crippen molar-refractivity contribution in [3.8, 4) is 0 Å². The molecule has 4 rings (SSSR count). The van der Waals surface area contributed by atoms with Crippen molar-refractivity contribution in [2.75, 3.05) is 37.6 Å². The summed E-state index contributed by atoms with van der Waals surface area (Å²) in [5.41, 5.74) is 0.506. The fraction of sp³-hybridized carbons (Fsp3) is 0.750. The van der Waals surface area contributed by atoms with Crippen molar-refractivity contribution in [1.82, 2.24) is 14.9 Å². The molecule has 3 fully saturated rings. The number of hydrogen-bond acceptors (Lipinski definition) is 4. The predicted molar refractivity (Wildman–Crippen MR) is 79.7 cm³/mol. The van der Waals surface area contributed by atoms with Gasteiger partial charge in [-0.05, 0) is 50.6 Å². The van der Waals surface area contributed by atoms with E-state index in [0.29, 0.717) is 5.41 Å². The molecule has 1 aromatic heterocycles. The monoisotopic (exact) mass is 272 g/mol. The topological polar surface area (TPSA) is 32.3 Å². The summed E-state index contributed by atoms with van der Waals surface area (Å²) in [4.78, 5) is 14.0. The normalized spacial score (nSPS) is 31.1. The molecule has 0 amide bonds. The van der Waals surface area contributed by atoms with Gasteiger partial charge in [-0.25, -0.2) is 9.97 Å². The van der Waals surface area contributed by atoms with E-state index in [1.54, 1.807) is 0 Å². The van der Waals surface area contributed by atoms with Gasteiger partial charge < -0.3 is 9.80 Å². The van der Waals surface area contributed by atoms with E-state index in [0.717, 1.165) is 25.0 Å². The highest BCUT2D eigenvalue weighted by Crippen LogP contribution is 2.41. The lowest BCUT2D eigenvalue weighted by molar-refractivity contribution is 0.101. The lowest BCUT2D eigenvalue weighted by atomic mass is 9.79. The molecular weight excluding hydrogens is 248 g/mol. The van der Waals surface area contributed by atoms with Crippen LogP contribution in [0.25, 0.3) is 0 Å². The average Bonchev–Trinajstić information content (AvgIpc) is 3.20. The van der Waals surface area contributed by atoms with Gasteiger partial charge in [0.05, 0.1) is 0 Å². The van der Waals surface area contributed by atoms with Gasteiger partial charge in [-0.2, -0.15) is 0 Å². The maximum absolute atomic E-state index is 4.42. The first kappa shape index (κ1) is 12.6. The van der Waals surface area contributed by atoms with E-state index < -0.39 is 0 Å². The first-order valence-electron chi connectivity index (χ1n) is 8.07. The minimum Gasteiger partial charge on any atom is -0.340 e. The molecule has 1 aromatic rings. The van der Waals surface area contributed by atoms with E-state index >= 15 is 0 Å². The Balaban J connectivity index is 1.43. The lowest BCUT2D eigenvalue weighted by Gasteiger charge is -2.40. The third-order valence-corrected chi connectivity index (χ3v) is 5.23. The molecule has 1 aliphatic carbocycles. The van der Waals surface area contributed by atoms with Gasteiger partial charge in [-0.3, -0.25) is 0 Å². The molecule has 20 heavy (non-hydrogen) atoms. The maximum Gasteiger partial charge on any atom is 0.225 e. The number of nitrogens with zero attached hydrogens (tertiary/aromatic N) is 4. The van der Waals surface area contributed by atoms with Gasteiger partial charge in [0, 0.05) is 44.0 Å². The number of likely N-dealkylation sites (tertiary alicyclic amines) is 1. The van der Waals surface area contributed by atoms with Gasteiger partial charge >= 0.3 is 0 Å². The Bertz CT molecular complexity index is 459. The number of rotatable bonds is 3. The molecule has 1 atom stereocenters. The van der Waals surface area contributed by atoms with Crippen LogP contribution in [0.2, 0.25) is 0 Å². The number of aromatic nitrogens is 2. The highest BCUT2D eigenvalue weighted by atomic mass is 15.3. The van der Waals surface area contributed by atoms with E-state index in [-0.39, 0.29) is 0 Å². The van der Waals surface area contributed by atoms with Crippen LogP contribution >= 0.6 is 0 Å². The van der Waals surface area contributed by atoms with Crippen molar-refractivity contribution in [3.05, 3.63) is 18.5 Å². The molecule has 3 heterocycles. The molecular formula is C16H24N4. The largest absolute Gasteiger partial charge is 0.340 e. The summed E-state index contributed by atoms with van der Waals surface area (Å²) in [5.74, 6) is 1.93. The summed E-state index contributed by atoms with van der Waals surface area (Å²) in [7, 11) is 0. The summed E-state index contributed by atoms with van der Waals surface area (Å²) in [6.45, 7) is 6.25. The first-order chi connectivity index (χ1) is 9.83. The average molecular weight is 272 g/mol. The Morgan fingerprint density at radius 3 is 2.75 bits per heavy atom. The van der Waals surface area contributed by atoms with Crippen LogP contribution in [0.1, 0.15) is 32.1 Å². The van der Waals surface area contributed by atoms with Crippen molar-refractivity contribution in [1.29, 1.82) is 0 Å². The van der Waals surface area contributed by atoms with Crippen molar-refractivity contribution in [2.45, 2.75) is 32.1 Å². The van der Waals surface area contributed by atoms with Gasteiger partial charge in [0.15, 0.2) is 0 Å². The molecule has 4 nitrogen and oxygen atoms in total. The number of anilines is 1. The zero-order valence-electron chi connectivity index (χ0n) is 12.2. The third-order valence-electron chi connectivity index (χ3n) is 5.23. The van der Waals surface area contributed by atoms with Crippen LogP contribution < -0.4 is 4.90 Å². The summed E-state index contributed by atoms with van der Waals surface area (Å²) < 4.78 is 0. The quantitative estimate of drug-likeness (QED) is 0.844. The molecule has 0 radical (unpaired) electrons. The van der Waals surface area contributed by atoms with Gasteiger partial charge in [-0.1, -0.05) is 0 Å². The van der Waals surface area contributed by atoms with Gasteiger partial charge in [-0.15, -0.1) is 0 Å². The molecule has 108 valence electrons. The Kier molecular flexibility index (Phi) is 3.14. The number of hydrogen-bond donors (Lipinski definition) is 0. The van der Waals surface area contributed by atoms with E-state index in [2.05, 4.69) is 19.8 Å². The molecule has 0 N–H and O–H groups in total. The summed E-state index contributed by atoms with van der Waals surface area (Å²) >= 11 is 0. The molecule has 0 unspecified atom stereocenters. The second kappa shape index (κ2) is 4.99. The second-order valence-corrected chi connectivity index (χ2v) is 7.00. The fourth-order valence-electron chi connectivity index (χ4n) is 4.02. The van der Waals surface area contributed by atoms with Crippen LogP contribution in [0, 0.1) is 11.3 Å². The highest BCUT2D eigenvalue weighted by molar-refractivity contribution is 5.32. The van der Waals surface area contributed by atoms with E-state index in [1.807, 2.05) is 18.5 Å². The van der Waals surface area contributed by atoms with Crippen LogP contribution in [0.4, 0.5) is 5.95 Å². The standard InChI is InChI=1S/C16H24N4/c1-5-16(12-19(9-1)11-14-3-4-14)6-10-20(13-16)15-17-7-2-8-18-15/h2,7-8,14H,1,3-6,9-13H2/t16-/m1/s1. The second-order valence-electron chi connectivity index (χ2n) is 7.00. The van der Waals surface area contributed by atoms with Crippen molar-refractivity contribution < 1.29 is 0 Å². The summed E-state index contributed by atoms with van der Waals surface area (Å²) in [5, 5.41) is 0. The molecule has 0 bridgehead atoms. The van der Waals surface area contributed by atoms with Crippen LogP contribution in [-0.4, -0.2) is 47.6 Å². The van der Waals surface area contributed by atoms with Crippen LogP contribution in [-0.2, 0) is 0 Å². The zero-order chi connectivity index (χ0) is 13.4. The fourth-order valence-corrected chi connectivity index (χ4v) is 4.02. The molecule has 2 saturated heterocycles. The minimum atomic E-state index is 0.506. The van der Waals surface area contributed by atoms with Crippen molar-refractivity contribution in [3.63, 3.8) is 0 Å². The van der Waals surface area contributed by atoms with E-state index in [4.69, 9.17) is 0 Å². The maximum atomic E-state index is 4.42. The first-order valence-corrected chi connectivity index (χ1v) is 8.07. The smallest absolute Gasteiger partial charge is 0.225 e. The molecule has 2 aliphatic heterocycles. The Morgan fingerprint density at radius 2 is 1.95 bits per heavy atom. The Hall–Kier alpha value is -1.16. The highest BCUT2D eigenvalue weighted by Gasteiger charge is 2.42. The zero-order valence-corrected chi connectivity index (χ0v) is 12.2. The van der Waals surface area contributed by atoms with Gasteiger partial charge in [0.25, 0.3) is 0 Å². The number of piperidine rings is 1. The van der Waals surface area contributed by atoms with Crippen LogP contribution in [0.3, 0.4) is 0 Å². The summed E-state index contributed by atoms with van der Waals surface area (Å²) in [6.07, 6.45) is 10.7. The SMILES string of the molecule is c1cnc(N2CC[C@@]3(CCCN(CC4CC4)C3)C2)nc1. The third kappa shape index (κ3) is 2.53. The molecule has 4 heteroatoms. The molecule has 1 spiro atoms. The summed E-state index contributed by atoms with van der Waals surface area (Å²) in [6, 6.07) is 1.90. The Morgan fingerprint density at radius 1 is 1.10 bits per heavy atom. The molecule has 1 saturated carbocycles. The Labute approximate surface area is 121 Å². The van der Waals surface area contributed by atoms with E-state index in [1.165, 1.54) is 51.7 Å². The van der Waals surface area contributed by atoms with Gasteiger partial charge in [0.2, 0.25) is 5.95 Å². The van der Waals surface area contributed by atoms with Gasteiger partial charge in [0.1, 0.15) is 0 Å². The van der Waals surface area contributed by atoms with Crippen LogP contribution in [0.15, 0.2) is 18.5 Å². The predicted octanol–water partition coefficient (Wildman–Crippen LogP) is 2.18. The van der Waals surface area contributed by atoms with Crippen molar-refractivity contribution in [2.24, 2.45) is 11.3 Å². The molecule has 0 aromatic carbocycles. The van der Waals surface area contributed by atoms with E-state index in [9.17, 15) is 0 Å². The van der Waals surface area contributed by atoms with Crippen LogP contribution in [0.5, 0.6) is 0 Å². The van der Waals surface area contributed by atoms with Crippen molar-refractivity contribution >= 4 is 5.95 Å². The molecule has 3 aliphatic rings. The minimum absolute atomic E-state index is 0.506.